The molecular formula is C17H15F2N3O2S. The first-order chi connectivity index (χ1) is 11.8. The van der Waals surface area contributed by atoms with Crippen LogP contribution in [0.5, 0.6) is 0 Å². The Hall–Kier alpha value is -2.74. The number of nitrogens with one attached hydrogen (secondary N) is 1. The molecule has 2 aromatic carbocycles. The Morgan fingerprint density at radius 2 is 1.80 bits per heavy atom. The lowest BCUT2D eigenvalue weighted by atomic mass is 10.1. The van der Waals surface area contributed by atoms with Gasteiger partial charge in [-0.15, -0.1) is 0 Å². The largest absolute Gasteiger partial charge is 0.284 e. The third kappa shape index (κ3) is 4.21. The van der Waals surface area contributed by atoms with Gasteiger partial charge >= 0.3 is 0 Å². The molecule has 25 heavy (non-hydrogen) atoms. The molecule has 5 nitrogen and oxygen atoms in total. The van der Waals surface area contributed by atoms with Crippen molar-refractivity contribution in [2.45, 2.75) is 6.43 Å². The maximum Gasteiger partial charge on any atom is 0.263 e. The second-order valence-electron chi connectivity index (χ2n) is 5.52. The summed E-state index contributed by atoms with van der Waals surface area (Å²) >= 11 is 0. The Morgan fingerprint density at radius 3 is 2.44 bits per heavy atom. The molecule has 0 saturated heterocycles. The summed E-state index contributed by atoms with van der Waals surface area (Å²) in [6.07, 6.45) is 1.89. The number of aromatic nitrogens is 2. The molecule has 0 fully saturated rings. The van der Waals surface area contributed by atoms with Crippen LogP contribution in [0.25, 0.3) is 16.8 Å². The van der Waals surface area contributed by atoms with Crippen molar-refractivity contribution in [3.63, 3.8) is 0 Å². The van der Waals surface area contributed by atoms with Crippen LogP contribution in [0, 0.1) is 0 Å². The molecule has 0 aliphatic carbocycles. The van der Waals surface area contributed by atoms with Crippen LogP contribution in [-0.4, -0.2) is 24.5 Å². The van der Waals surface area contributed by atoms with Crippen molar-refractivity contribution in [3.05, 3.63) is 66.5 Å². The van der Waals surface area contributed by atoms with E-state index in [2.05, 4.69) is 9.82 Å². The number of anilines is 1. The molecule has 0 spiro atoms. The van der Waals surface area contributed by atoms with Crippen LogP contribution < -0.4 is 4.72 Å². The van der Waals surface area contributed by atoms with Crippen molar-refractivity contribution in [2.75, 3.05) is 11.0 Å². The van der Waals surface area contributed by atoms with Gasteiger partial charge in [0, 0.05) is 23.0 Å². The van der Waals surface area contributed by atoms with Gasteiger partial charge in [-0.3, -0.25) is 4.72 Å². The number of nitrogens with zero attached hydrogens (tertiary/aromatic N) is 2. The lowest BCUT2D eigenvalue weighted by Gasteiger charge is -2.05. The van der Waals surface area contributed by atoms with E-state index in [0.717, 1.165) is 17.4 Å². The van der Waals surface area contributed by atoms with E-state index >= 15 is 0 Å². The molecule has 0 aliphatic heterocycles. The number of hydrogen-bond donors (Lipinski definition) is 1. The molecule has 0 bridgehead atoms. The zero-order valence-corrected chi connectivity index (χ0v) is 14.0. The minimum absolute atomic E-state index is 0.0641. The molecule has 130 valence electrons. The third-order valence-electron chi connectivity index (χ3n) is 3.49. The number of halogens is 2. The quantitative estimate of drug-likeness (QED) is 0.749. The maximum absolute atomic E-state index is 12.8. The summed E-state index contributed by atoms with van der Waals surface area (Å²) in [5.74, 6) is 0. The van der Waals surface area contributed by atoms with E-state index in [0.29, 0.717) is 11.4 Å². The molecule has 3 rings (SSSR count). The van der Waals surface area contributed by atoms with Crippen LogP contribution in [0.3, 0.4) is 0 Å². The van der Waals surface area contributed by atoms with Crippen molar-refractivity contribution in [2.24, 2.45) is 0 Å². The minimum Gasteiger partial charge on any atom is -0.284 e. The second-order valence-corrected chi connectivity index (χ2v) is 7.27. The van der Waals surface area contributed by atoms with Gasteiger partial charge in [0.25, 0.3) is 6.43 Å². The summed E-state index contributed by atoms with van der Waals surface area (Å²) in [4.78, 5) is 0. The van der Waals surface area contributed by atoms with E-state index in [1.807, 2.05) is 0 Å². The smallest absolute Gasteiger partial charge is 0.263 e. The zero-order chi connectivity index (χ0) is 18.0. The Bertz CT molecular complexity index is 983. The molecule has 8 heteroatoms. The third-order valence-corrected chi connectivity index (χ3v) is 4.10. The molecule has 1 N–H and O–H groups in total. The molecule has 0 saturated carbocycles. The lowest BCUT2D eigenvalue weighted by molar-refractivity contribution is 0.151. The van der Waals surface area contributed by atoms with E-state index in [-0.39, 0.29) is 5.56 Å². The summed E-state index contributed by atoms with van der Waals surface area (Å²) in [5, 5.41) is 4.21. The van der Waals surface area contributed by atoms with Crippen LogP contribution in [0.15, 0.2) is 60.9 Å². The van der Waals surface area contributed by atoms with Crippen molar-refractivity contribution in [1.29, 1.82) is 0 Å². The number of rotatable bonds is 5. The van der Waals surface area contributed by atoms with Gasteiger partial charge in [0.2, 0.25) is 10.0 Å². The molecule has 1 aromatic heterocycles. The van der Waals surface area contributed by atoms with Crippen LogP contribution >= 0.6 is 0 Å². The number of alkyl halides is 2. The summed E-state index contributed by atoms with van der Waals surface area (Å²) in [5.41, 5.74) is 2.55. The standard InChI is InChI=1S/C17H15F2N3O2S/c1-25(23,24)21-15-7-5-12(6-8-15)14-10-20-22(11-14)16-4-2-3-13(9-16)17(18)19/h2-11,17,21H,1H3. The average Bonchev–Trinajstić information content (AvgIpc) is 3.04. The molecule has 0 amide bonds. The molecule has 1 heterocycles. The highest BCUT2D eigenvalue weighted by Gasteiger charge is 2.09. The molecular weight excluding hydrogens is 348 g/mol. The van der Waals surface area contributed by atoms with E-state index in [4.69, 9.17) is 0 Å². The van der Waals surface area contributed by atoms with E-state index in [1.165, 1.54) is 16.8 Å². The monoisotopic (exact) mass is 363 g/mol. The molecule has 3 aromatic rings. The van der Waals surface area contributed by atoms with Crippen LogP contribution in [0.2, 0.25) is 0 Å². The van der Waals surface area contributed by atoms with Crippen molar-refractivity contribution >= 4 is 15.7 Å². The Morgan fingerprint density at radius 1 is 1.08 bits per heavy atom. The zero-order valence-electron chi connectivity index (χ0n) is 13.2. The van der Waals surface area contributed by atoms with Crippen LogP contribution in [-0.2, 0) is 10.0 Å². The Balaban J connectivity index is 1.85. The lowest BCUT2D eigenvalue weighted by Crippen LogP contribution is -2.09. The summed E-state index contributed by atoms with van der Waals surface area (Å²) in [6.45, 7) is 0. The van der Waals surface area contributed by atoms with Gasteiger partial charge in [-0.1, -0.05) is 24.3 Å². The number of hydrogen-bond acceptors (Lipinski definition) is 3. The van der Waals surface area contributed by atoms with Gasteiger partial charge in [-0.2, -0.15) is 5.10 Å². The highest BCUT2D eigenvalue weighted by molar-refractivity contribution is 7.92. The van der Waals surface area contributed by atoms with E-state index < -0.39 is 16.4 Å². The SMILES string of the molecule is CS(=O)(=O)Nc1ccc(-c2cnn(-c3cccc(C(F)F)c3)c2)cc1. The minimum atomic E-state index is -3.33. The highest BCUT2D eigenvalue weighted by atomic mass is 32.2. The predicted octanol–water partition coefficient (Wildman–Crippen LogP) is 3.85. The first-order valence-corrected chi connectivity index (χ1v) is 9.22. The highest BCUT2D eigenvalue weighted by Crippen LogP contribution is 2.24. The first-order valence-electron chi connectivity index (χ1n) is 7.33. The fourth-order valence-corrected chi connectivity index (χ4v) is 2.93. The molecule has 0 unspecified atom stereocenters. The van der Waals surface area contributed by atoms with Gasteiger partial charge in [0.05, 0.1) is 18.1 Å². The normalized spacial score (nSPS) is 11.7. The number of sulfonamides is 1. The van der Waals surface area contributed by atoms with Gasteiger partial charge in [-0.05, 0) is 29.8 Å². The van der Waals surface area contributed by atoms with Crippen molar-refractivity contribution < 1.29 is 17.2 Å². The van der Waals surface area contributed by atoms with Gasteiger partial charge < -0.3 is 0 Å². The topological polar surface area (TPSA) is 64.0 Å². The number of benzene rings is 2. The second kappa shape index (κ2) is 6.64. The van der Waals surface area contributed by atoms with Gasteiger partial charge in [-0.25, -0.2) is 21.9 Å². The fourth-order valence-electron chi connectivity index (χ4n) is 2.36. The molecule has 0 radical (unpaired) electrons. The van der Waals surface area contributed by atoms with E-state index in [9.17, 15) is 17.2 Å². The fraction of sp³-hybridized carbons (Fsp3) is 0.118. The summed E-state index contributed by atoms with van der Waals surface area (Å²) < 4.78 is 52.0. The average molecular weight is 363 g/mol. The first kappa shape index (κ1) is 17.1. The van der Waals surface area contributed by atoms with Gasteiger partial charge in [0.1, 0.15) is 0 Å². The Kier molecular flexibility index (Phi) is 4.54. The van der Waals surface area contributed by atoms with Crippen LogP contribution in [0.1, 0.15) is 12.0 Å². The van der Waals surface area contributed by atoms with E-state index in [1.54, 1.807) is 48.8 Å². The van der Waals surface area contributed by atoms with Gasteiger partial charge in [0.15, 0.2) is 0 Å². The van der Waals surface area contributed by atoms with Crippen LogP contribution in [0.4, 0.5) is 14.5 Å². The predicted molar refractivity (Wildman–Crippen MR) is 92.4 cm³/mol. The molecule has 0 aliphatic rings. The summed E-state index contributed by atoms with van der Waals surface area (Å²) in [6, 6.07) is 12.8. The Labute approximate surface area is 144 Å². The van der Waals surface area contributed by atoms with Crippen molar-refractivity contribution in [3.8, 4) is 16.8 Å². The van der Waals surface area contributed by atoms with Crippen molar-refractivity contribution in [1.82, 2.24) is 9.78 Å². The summed E-state index contributed by atoms with van der Waals surface area (Å²) in [7, 11) is -3.33. The molecule has 0 atom stereocenters. The maximum atomic E-state index is 12.8.